The molecule has 0 aromatic carbocycles. The lowest BCUT2D eigenvalue weighted by Crippen LogP contribution is -2.45. The molecule has 3 rings (SSSR count). The molecule has 0 saturated carbocycles. The molecule has 2 aliphatic rings. The predicted molar refractivity (Wildman–Crippen MR) is 98.3 cm³/mol. The molecule has 5 nitrogen and oxygen atoms in total. The number of aryl methyl sites for hydroxylation is 2. The molecule has 0 radical (unpaired) electrons. The van der Waals surface area contributed by atoms with Gasteiger partial charge in [-0.15, -0.1) is 11.8 Å². The van der Waals surface area contributed by atoms with Crippen molar-refractivity contribution in [2.24, 2.45) is 0 Å². The average molecular weight is 352 g/mol. The maximum Gasteiger partial charge on any atom is 0.224 e. The van der Waals surface area contributed by atoms with Crippen molar-refractivity contribution in [1.82, 2.24) is 14.7 Å². The SMILES string of the molecule is Cc1cc(C2SCCC(=O)N2CCCN2CCN(C)CC2)oc1C. The van der Waals surface area contributed by atoms with Crippen LogP contribution in [0.1, 0.15) is 35.3 Å². The van der Waals surface area contributed by atoms with Gasteiger partial charge in [-0.3, -0.25) is 4.79 Å². The quantitative estimate of drug-likeness (QED) is 0.815. The highest BCUT2D eigenvalue weighted by Crippen LogP contribution is 2.38. The van der Waals surface area contributed by atoms with Crippen LogP contribution in [0.3, 0.4) is 0 Å². The van der Waals surface area contributed by atoms with Gasteiger partial charge in [-0.1, -0.05) is 0 Å². The number of hydrogen-bond acceptors (Lipinski definition) is 5. The summed E-state index contributed by atoms with van der Waals surface area (Å²) in [6, 6.07) is 2.10. The third-order valence-electron chi connectivity index (χ3n) is 5.09. The predicted octanol–water partition coefficient (Wildman–Crippen LogP) is 2.50. The summed E-state index contributed by atoms with van der Waals surface area (Å²) in [6.07, 6.45) is 1.68. The van der Waals surface area contributed by atoms with Crippen LogP contribution < -0.4 is 0 Å². The van der Waals surface area contributed by atoms with E-state index in [0.29, 0.717) is 6.42 Å². The number of thioether (sulfide) groups is 1. The lowest BCUT2D eigenvalue weighted by molar-refractivity contribution is -0.132. The van der Waals surface area contributed by atoms with E-state index < -0.39 is 0 Å². The van der Waals surface area contributed by atoms with Crippen molar-refractivity contribution in [3.63, 3.8) is 0 Å². The highest BCUT2D eigenvalue weighted by atomic mass is 32.2. The number of carbonyl (C=O) groups is 1. The zero-order valence-electron chi connectivity index (χ0n) is 15.1. The average Bonchev–Trinajstić information content (AvgIpc) is 2.90. The first-order valence-electron chi connectivity index (χ1n) is 8.93. The Balaban J connectivity index is 1.57. The molecular formula is C18H29N3O2S. The molecule has 1 amide bonds. The summed E-state index contributed by atoms with van der Waals surface area (Å²) in [6.45, 7) is 10.5. The van der Waals surface area contributed by atoms with Crippen LogP contribution in [-0.4, -0.2) is 72.7 Å². The van der Waals surface area contributed by atoms with Gasteiger partial charge in [0, 0.05) is 44.9 Å². The lowest BCUT2D eigenvalue weighted by Gasteiger charge is -2.36. The van der Waals surface area contributed by atoms with Crippen LogP contribution in [0.15, 0.2) is 10.5 Å². The Morgan fingerprint density at radius 2 is 1.96 bits per heavy atom. The molecule has 1 atom stereocenters. The molecule has 134 valence electrons. The summed E-state index contributed by atoms with van der Waals surface area (Å²) in [4.78, 5) is 19.4. The Morgan fingerprint density at radius 1 is 1.21 bits per heavy atom. The fourth-order valence-corrected chi connectivity index (χ4v) is 4.56. The van der Waals surface area contributed by atoms with E-state index in [0.717, 1.165) is 63.0 Å². The second-order valence-corrected chi connectivity index (χ2v) is 8.13. The smallest absolute Gasteiger partial charge is 0.224 e. The Bertz CT molecular complexity index is 547. The van der Waals surface area contributed by atoms with Gasteiger partial charge in [0.05, 0.1) is 0 Å². The summed E-state index contributed by atoms with van der Waals surface area (Å²) in [5.74, 6) is 3.05. The highest BCUT2D eigenvalue weighted by molar-refractivity contribution is 7.99. The minimum atomic E-state index is 0.0474. The van der Waals surface area contributed by atoms with Crippen molar-refractivity contribution in [3.8, 4) is 0 Å². The van der Waals surface area contributed by atoms with Crippen LogP contribution in [0.4, 0.5) is 0 Å². The molecule has 6 heteroatoms. The van der Waals surface area contributed by atoms with Gasteiger partial charge in [-0.2, -0.15) is 0 Å². The molecular weight excluding hydrogens is 322 g/mol. The van der Waals surface area contributed by atoms with E-state index in [9.17, 15) is 4.79 Å². The molecule has 0 aliphatic carbocycles. The zero-order valence-corrected chi connectivity index (χ0v) is 15.9. The Kier molecular flexibility index (Phi) is 5.89. The fourth-order valence-electron chi connectivity index (χ4n) is 3.36. The third kappa shape index (κ3) is 4.16. The Labute approximate surface area is 149 Å². The van der Waals surface area contributed by atoms with E-state index in [4.69, 9.17) is 4.42 Å². The lowest BCUT2D eigenvalue weighted by atomic mass is 10.2. The van der Waals surface area contributed by atoms with Crippen LogP contribution in [0.5, 0.6) is 0 Å². The van der Waals surface area contributed by atoms with E-state index in [1.165, 1.54) is 5.56 Å². The largest absolute Gasteiger partial charge is 0.463 e. The van der Waals surface area contributed by atoms with Crippen LogP contribution in [0.25, 0.3) is 0 Å². The molecule has 0 bridgehead atoms. The second-order valence-electron chi connectivity index (χ2n) is 6.95. The number of furan rings is 1. The minimum Gasteiger partial charge on any atom is -0.463 e. The van der Waals surface area contributed by atoms with Crippen molar-refractivity contribution in [1.29, 1.82) is 0 Å². The van der Waals surface area contributed by atoms with Crippen molar-refractivity contribution < 1.29 is 9.21 Å². The number of hydrogen-bond donors (Lipinski definition) is 0. The van der Waals surface area contributed by atoms with Crippen LogP contribution in [0.2, 0.25) is 0 Å². The maximum absolute atomic E-state index is 12.4. The first-order chi connectivity index (χ1) is 11.5. The van der Waals surface area contributed by atoms with Gasteiger partial charge in [0.1, 0.15) is 16.9 Å². The first kappa shape index (κ1) is 17.8. The van der Waals surface area contributed by atoms with E-state index in [1.807, 2.05) is 23.6 Å². The van der Waals surface area contributed by atoms with Crippen molar-refractivity contribution >= 4 is 17.7 Å². The summed E-state index contributed by atoms with van der Waals surface area (Å²) in [5, 5.41) is 0.0474. The van der Waals surface area contributed by atoms with Crippen molar-refractivity contribution in [2.45, 2.75) is 32.1 Å². The van der Waals surface area contributed by atoms with Gasteiger partial charge in [-0.25, -0.2) is 0 Å². The molecule has 1 aromatic heterocycles. The molecule has 0 N–H and O–H groups in total. The fraction of sp³-hybridized carbons (Fsp3) is 0.722. The maximum atomic E-state index is 12.4. The van der Waals surface area contributed by atoms with Crippen molar-refractivity contribution in [3.05, 3.63) is 23.2 Å². The van der Waals surface area contributed by atoms with Crippen molar-refractivity contribution in [2.75, 3.05) is 52.1 Å². The summed E-state index contributed by atoms with van der Waals surface area (Å²) >= 11 is 1.83. The highest BCUT2D eigenvalue weighted by Gasteiger charge is 2.32. The van der Waals surface area contributed by atoms with Gasteiger partial charge in [0.15, 0.2) is 0 Å². The number of nitrogens with zero attached hydrogens (tertiary/aromatic N) is 3. The number of likely N-dealkylation sites (N-methyl/N-ethyl adjacent to an activating group) is 1. The molecule has 24 heavy (non-hydrogen) atoms. The molecule has 2 fully saturated rings. The molecule has 0 spiro atoms. The molecule has 3 heterocycles. The van der Waals surface area contributed by atoms with E-state index >= 15 is 0 Å². The van der Waals surface area contributed by atoms with E-state index in [-0.39, 0.29) is 11.3 Å². The monoisotopic (exact) mass is 351 g/mol. The zero-order chi connectivity index (χ0) is 17.1. The van der Waals surface area contributed by atoms with Gasteiger partial charge in [0.2, 0.25) is 5.91 Å². The molecule has 1 unspecified atom stereocenters. The van der Waals surface area contributed by atoms with Gasteiger partial charge in [0.25, 0.3) is 0 Å². The summed E-state index contributed by atoms with van der Waals surface area (Å²) in [5.41, 5.74) is 1.17. The standard InChI is InChI=1S/C18H29N3O2S/c1-14-13-16(23-15(14)2)18-21(17(22)5-12-24-18)7-4-6-20-10-8-19(3)9-11-20/h13,18H,4-12H2,1-3H3. The number of rotatable bonds is 5. The molecule has 2 aliphatic heterocycles. The second kappa shape index (κ2) is 7.93. The number of carbonyl (C=O) groups excluding carboxylic acids is 1. The van der Waals surface area contributed by atoms with Gasteiger partial charge < -0.3 is 19.1 Å². The van der Waals surface area contributed by atoms with E-state index in [2.05, 4.69) is 29.8 Å². The van der Waals surface area contributed by atoms with Crippen LogP contribution >= 0.6 is 11.8 Å². The normalized spacial score (nSPS) is 23.9. The van der Waals surface area contributed by atoms with E-state index in [1.54, 1.807) is 0 Å². The number of piperazine rings is 1. The number of amides is 1. The molecule has 1 aromatic rings. The topological polar surface area (TPSA) is 39.9 Å². The Hall–Kier alpha value is -0.980. The van der Waals surface area contributed by atoms with Crippen LogP contribution in [0, 0.1) is 13.8 Å². The van der Waals surface area contributed by atoms with Crippen LogP contribution in [-0.2, 0) is 4.79 Å². The molecule has 2 saturated heterocycles. The van der Waals surface area contributed by atoms with Gasteiger partial charge >= 0.3 is 0 Å². The first-order valence-corrected chi connectivity index (χ1v) is 9.98. The Morgan fingerprint density at radius 3 is 2.62 bits per heavy atom. The van der Waals surface area contributed by atoms with Gasteiger partial charge in [-0.05, 0) is 45.5 Å². The summed E-state index contributed by atoms with van der Waals surface area (Å²) < 4.78 is 5.91. The third-order valence-corrected chi connectivity index (χ3v) is 6.34. The summed E-state index contributed by atoms with van der Waals surface area (Å²) in [7, 11) is 2.18. The minimum absolute atomic E-state index is 0.0474.